The average molecular weight is 369 g/mol. The number of aromatic nitrogens is 1. The minimum absolute atomic E-state index is 0.00922. The van der Waals surface area contributed by atoms with Crippen molar-refractivity contribution < 1.29 is 14.8 Å². The first-order valence-electron chi connectivity index (χ1n) is 8.49. The molecule has 2 heterocycles. The number of benzene rings is 1. The van der Waals surface area contributed by atoms with Crippen LogP contribution in [0, 0.1) is 21.4 Å². The number of anilines is 1. The predicted molar refractivity (Wildman–Crippen MR) is 97.2 cm³/mol. The Hall–Kier alpha value is -3.38. The van der Waals surface area contributed by atoms with Crippen molar-refractivity contribution in [2.75, 3.05) is 25.0 Å². The molecular formula is C18H19N5O4. The fourth-order valence-electron chi connectivity index (χ4n) is 3.02. The molecule has 0 aliphatic carbocycles. The van der Waals surface area contributed by atoms with Gasteiger partial charge < -0.3 is 20.3 Å². The van der Waals surface area contributed by atoms with Crippen LogP contribution in [0.2, 0.25) is 0 Å². The number of rotatable bonds is 5. The average Bonchev–Trinajstić information content (AvgIpc) is 3.16. The second kappa shape index (κ2) is 7.47. The van der Waals surface area contributed by atoms with E-state index in [0.717, 1.165) is 0 Å². The molecule has 0 spiro atoms. The maximum atomic E-state index is 12.4. The topological polar surface area (TPSA) is 135 Å². The molecule has 1 amide bonds. The van der Waals surface area contributed by atoms with Gasteiger partial charge in [0.2, 0.25) is 0 Å². The number of piperidine rings is 1. The normalized spacial score (nSPS) is 15.8. The molecule has 0 bridgehead atoms. The number of carbonyl (C=O) groups excluding carboxylic acids is 1. The largest absolute Gasteiger partial charge is 0.388 e. The molecule has 1 aliphatic rings. The van der Waals surface area contributed by atoms with Crippen LogP contribution in [-0.4, -0.2) is 51.1 Å². The molecule has 1 aliphatic heterocycles. The van der Waals surface area contributed by atoms with Gasteiger partial charge in [0.25, 0.3) is 11.6 Å². The van der Waals surface area contributed by atoms with E-state index >= 15 is 0 Å². The van der Waals surface area contributed by atoms with E-state index in [1.807, 2.05) is 6.07 Å². The number of aromatic amines is 1. The van der Waals surface area contributed by atoms with E-state index in [-0.39, 0.29) is 18.1 Å². The van der Waals surface area contributed by atoms with Gasteiger partial charge in [-0.3, -0.25) is 14.9 Å². The zero-order chi connectivity index (χ0) is 19.4. The van der Waals surface area contributed by atoms with Crippen molar-refractivity contribution in [3.63, 3.8) is 0 Å². The van der Waals surface area contributed by atoms with Crippen molar-refractivity contribution in [1.29, 1.82) is 5.26 Å². The van der Waals surface area contributed by atoms with Crippen molar-refractivity contribution in [3.05, 3.63) is 57.9 Å². The van der Waals surface area contributed by atoms with Gasteiger partial charge in [-0.2, -0.15) is 5.26 Å². The number of carbonyl (C=O) groups is 1. The first-order chi connectivity index (χ1) is 12.9. The minimum Gasteiger partial charge on any atom is -0.388 e. The smallest absolute Gasteiger partial charge is 0.270 e. The van der Waals surface area contributed by atoms with E-state index in [4.69, 9.17) is 5.26 Å². The third-order valence-corrected chi connectivity index (χ3v) is 4.72. The van der Waals surface area contributed by atoms with Crippen LogP contribution >= 0.6 is 0 Å². The summed E-state index contributed by atoms with van der Waals surface area (Å²) in [6.45, 7) is 1.09. The van der Waals surface area contributed by atoms with Gasteiger partial charge in [-0.05, 0) is 31.0 Å². The third-order valence-electron chi connectivity index (χ3n) is 4.72. The summed E-state index contributed by atoms with van der Waals surface area (Å²) in [7, 11) is 0. The first-order valence-corrected chi connectivity index (χ1v) is 8.49. The number of hydrogen-bond acceptors (Lipinski definition) is 6. The van der Waals surface area contributed by atoms with Gasteiger partial charge in [0.1, 0.15) is 11.8 Å². The highest BCUT2D eigenvalue weighted by molar-refractivity contribution is 5.93. The number of non-ortho nitro benzene ring substituents is 1. The number of H-pyrrole nitrogens is 1. The summed E-state index contributed by atoms with van der Waals surface area (Å²) >= 11 is 0. The Morgan fingerprint density at radius 2 is 2.04 bits per heavy atom. The van der Waals surface area contributed by atoms with Crippen molar-refractivity contribution in [2.24, 2.45) is 0 Å². The van der Waals surface area contributed by atoms with Crippen LogP contribution in [0.3, 0.4) is 0 Å². The van der Waals surface area contributed by atoms with Crippen molar-refractivity contribution in [1.82, 2.24) is 9.88 Å². The van der Waals surface area contributed by atoms with Gasteiger partial charge in [-0.15, -0.1) is 0 Å². The Bertz CT molecular complexity index is 876. The van der Waals surface area contributed by atoms with Crippen LogP contribution in [0.4, 0.5) is 11.4 Å². The standard InChI is InChI=1S/C18H19N5O4/c19-10-13-9-16(20-11-13)17(24)22-7-5-18(25,6-8-22)12-21-14-1-3-15(4-2-14)23(26)27/h1-4,9,11,20-21,25H,5-8,12H2. The summed E-state index contributed by atoms with van der Waals surface area (Å²) in [4.78, 5) is 27.1. The van der Waals surface area contributed by atoms with Gasteiger partial charge in [-0.25, -0.2) is 0 Å². The Labute approximate surface area is 155 Å². The van der Waals surface area contributed by atoms with Crippen LogP contribution < -0.4 is 5.32 Å². The van der Waals surface area contributed by atoms with Crippen LogP contribution in [0.5, 0.6) is 0 Å². The maximum absolute atomic E-state index is 12.4. The Morgan fingerprint density at radius 3 is 2.59 bits per heavy atom. The molecule has 0 radical (unpaired) electrons. The summed E-state index contributed by atoms with van der Waals surface area (Å²) < 4.78 is 0. The van der Waals surface area contributed by atoms with Gasteiger partial charge in [0.05, 0.1) is 16.1 Å². The number of nitrogens with zero attached hydrogens (tertiary/aromatic N) is 3. The number of nitro benzene ring substituents is 1. The molecule has 1 aromatic heterocycles. The molecule has 9 heteroatoms. The third kappa shape index (κ3) is 4.24. The van der Waals surface area contributed by atoms with Gasteiger partial charge in [0, 0.05) is 43.7 Å². The highest BCUT2D eigenvalue weighted by Gasteiger charge is 2.34. The lowest BCUT2D eigenvalue weighted by atomic mass is 9.91. The number of amides is 1. The van der Waals surface area contributed by atoms with E-state index in [2.05, 4.69) is 10.3 Å². The second-order valence-electron chi connectivity index (χ2n) is 6.59. The summed E-state index contributed by atoms with van der Waals surface area (Å²) in [5.74, 6) is -0.193. The van der Waals surface area contributed by atoms with E-state index in [0.29, 0.717) is 42.9 Å². The first kappa shape index (κ1) is 18.4. The van der Waals surface area contributed by atoms with Gasteiger partial charge >= 0.3 is 0 Å². The van der Waals surface area contributed by atoms with Gasteiger partial charge in [-0.1, -0.05) is 0 Å². The molecule has 0 unspecified atom stereocenters. The van der Waals surface area contributed by atoms with Crippen molar-refractivity contribution >= 4 is 17.3 Å². The van der Waals surface area contributed by atoms with E-state index in [1.54, 1.807) is 17.0 Å². The molecule has 0 atom stereocenters. The van der Waals surface area contributed by atoms with Gasteiger partial charge in [0.15, 0.2) is 0 Å². The summed E-state index contributed by atoms with van der Waals surface area (Å²) in [5.41, 5.74) is 0.490. The summed E-state index contributed by atoms with van der Waals surface area (Å²) in [6, 6.07) is 9.48. The van der Waals surface area contributed by atoms with Crippen LogP contribution in [0.25, 0.3) is 0 Å². The zero-order valence-electron chi connectivity index (χ0n) is 14.5. The molecule has 3 rings (SSSR count). The Kier molecular flexibility index (Phi) is 5.09. The summed E-state index contributed by atoms with van der Waals surface area (Å²) in [6.07, 6.45) is 2.30. The zero-order valence-corrected chi connectivity index (χ0v) is 14.5. The molecule has 9 nitrogen and oxygen atoms in total. The molecule has 0 saturated carbocycles. The second-order valence-corrected chi connectivity index (χ2v) is 6.59. The van der Waals surface area contributed by atoms with E-state index in [9.17, 15) is 20.0 Å². The number of nitrogens with one attached hydrogen (secondary N) is 2. The summed E-state index contributed by atoms with van der Waals surface area (Å²) in [5, 5.41) is 33.3. The minimum atomic E-state index is -0.966. The molecule has 140 valence electrons. The fraction of sp³-hybridized carbons (Fsp3) is 0.333. The Balaban J connectivity index is 1.53. The molecule has 2 aromatic rings. The molecule has 1 aromatic carbocycles. The highest BCUT2D eigenvalue weighted by Crippen LogP contribution is 2.25. The molecule has 3 N–H and O–H groups in total. The molecular weight excluding hydrogens is 350 g/mol. The molecule has 27 heavy (non-hydrogen) atoms. The highest BCUT2D eigenvalue weighted by atomic mass is 16.6. The maximum Gasteiger partial charge on any atom is 0.270 e. The lowest BCUT2D eigenvalue weighted by Crippen LogP contribution is -2.50. The number of likely N-dealkylation sites (tertiary alicyclic amines) is 1. The van der Waals surface area contributed by atoms with Crippen molar-refractivity contribution in [3.8, 4) is 6.07 Å². The van der Waals surface area contributed by atoms with Crippen LogP contribution in [0.15, 0.2) is 36.5 Å². The lowest BCUT2D eigenvalue weighted by Gasteiger charge is -2.38. The fourth-order valence-corrected chi connectivity index (χ4v) is 3.02. The number of nitro groups is 1. The molecule has 1 saturated heterocycles. The quantitative estimate of drug-likeness (QED) is 0.544. The lowest BCUT2D eigenvalue weighted by molar-refractivity contribution is -0.384. The number of hydrogen-bond donors (Lipinski definition) is 3. The predicted octanol–water partition coefficient (Wildman–Crippen LogP) is 1.87. The number of nitriles is 1. The van der Waals surface area contributed by atoms with Crippen LogP contribution in [-0.2, 0) is 0 Å². The van der Waals surface area contributed by atoms with E-state index < -0.39 is 10.5 Å². The molecule has 1 fully saturated rings. The Morgan fingerprint density at radius 1 is 1.37 bits per heavy atom. The van der Waals surface area contributed by atoms with E-state index in [1.165, 1.54) is 24.4 Å². The SMILES string of the molecule is N#Cc1c[nH]c(C(=O)N2CCC(O)(CNc3ccc([N+](=O)[O-])cc3)CC2)c1. The van der Waals surface area contributed by atoms with Crippen LogP contribution in [0.1, 0.15) is 28.9 Å². The monoisotopic (exact) mass is 369 g/mol. The number of aliphatic hydroxyl groups is 1. The van der Waals surface area contributed by atoms with Crippen molar-refractivity contribution in [2.45, 2.75) is 18.4 Å².